The van der Waals surface area contributed by atoms with E-state index >= 15 is 0 Å². The number of amides is 1. The highest BCUT2D eigenvalue weighted by Gasteiger charge is 2.20. The number of piperidine rings is 1. The summed E-state index contributed by atoms with van der Waals surface area (Å²) in [6.45, 7) is 7.12. The Morgan fingerprint density at radius 2 is 2.03 bits per heavy atom. The number of nitrogens with zero attached hydrogens (tertiary/aromatic N) is 2. The summed E-state index contributed by atoms with van der Waals surface area (Å²) < 4.78 is 5.10. The molecule has 0 radical (unpaired) electrons. The second-order valence-corrected chi connectivity index (χ2v) is 7.04. The summed E-state index contributed by atoms with van der Waals surface area (Å²) in [5, 5.41) is 2.96. The van der Waals surface area contributed by atoms with Crippen molar-refractivity contribution in [2.45, 2.75) is 25.8 Å². The second kappa shape index (κ2) is 9.25. The molecule has 7 nitrogen and oxygen atoms in total. The Morgan fingerprint density at radius 1 is 1.31 bits per heavy atom. The van der Waals surface area contributed by atoms with Crippen LogP contribution in [0.4, 0.5) is 11.4 Å². The summed E-state index contributed by atoms with van der Waals surface area (Å²) in [5.74, 6) is -0.381. The van der Waals surface area contributed by atoms with Crippen LogP contribution in [0.3, 0.4) is 0 Å². The van der Waals surface area contributed by atoms with E-state index in [1.807, 2.05) is 24.3 Å². The maximum Gasteiger partial charge on any atom is 0.276 e. The highest BCUT2D eigenvalue weighted by Crippen LogP contribution is 2.28. The molecule has 0 bridgehead atoms. The summed E-state index contributed by atoms with van der Waals surface area (Å²) in [4.78, 5) is 19.7. The lowest BCUT2D eigenvalue weighted by Gasteiger charge is -2.33. The average molecular weight is 393 g/mol. The van der Waals surface area contributed by atoms with Crippen LogP contribution in [0.15, 0.2) is 76.3 Å². The van der Waals surface area contributed by atoms with Gasteiger partial charge < -0.3 is 26.1 Å². The molecule has 2 heterocycles. The van der Waals surface area contributed by atoms with Crippen LogP contribution in [0.25, 0.3) is 0 Å². The molecular formula is C22H27N5O2. The molecule has 7 heteroatoms. The first-order valence-electron chi connectivity index (χ1n) is 9.60. The van der Waals surface area contributed by atoms with E-state index in [2.05, 4.69) is 21.8 Å². The van der Waals surface area contributed by atoms with Crippen molar-refractivity contribution in [3.8, 4) is 0 Å². The third-order valence-electron chi connectivity index (χ3n) is 4.86. The summed E-state index contributed by atoms with van der Waals surface area (Å²) in [7, 11) is 0. The largest absolute Gasteiger partial charge is 0.472 e. The Morgan fingerprint density at radius 3 is 2.66 bits per heavy atom. The first-order valence-corrected chi connectivity index (χ1v) is 9.60. The van der Waals surface area contributed by atoms with Gasteiger partial charge in [-0.1, -0.05) is 18.7 Å². The molecule has 0 unspecified atom stereocenters. The van der Waals surface area contributed by atoms with Gasteiger partial charge in [-0.15, -0.1) is 0 Å². The van der Waals surface area contributed by atoms with Crippen molar-refractivity contribution < 1.29 is 9.21 Å². The number of hydrogen-bond donors (Lipinski definition) is 3. The number of furan rings is 1. The van der Waals surface area contributed by atoms with Crippen molar-refractivity contribution >= 4 is 23.0 Å². The van der Waals surface area contributed by atoms with Crippen molar-refractivity contribution in [3.05, 3.63) is 72.5 Å². The molecule has 1 saturated heterocycles. The summed E-state index contributed by atoms with van der Waals surface area (Å²) >= 11 is 0. The van der Waals surface area contributed by atoms with Gasteiger partial charge >= 0.3 is 0 Å². The van der Waals surface area contributed by atoms with Crippen molar-refractivity contribution in [1.82, 2.24) is 0 Å². The van der Waals surface area contributed by atoms with Gasteiger partial charge in [0.2, 0.25) is 0 Å². The number of aliphatic imine (C=N–C) groups is 1. The zero-order chi connectivity index (χ0) is 20.8. The van der Waals surface area contributed by atoms with Gasteiger partial charge in [0, 0.05) is 30.4 Å². The lowest BCUT2D eigenvalue weighted by Crippen LogP contribution is -2.40. The monoisotopic (exact) mass is 393 g/mol. The molecule has 1 aromatic heterocycles. The number of nitrogens with one attached hydrogen (secondary N) is 1. The predicted molar refractivity (Wildman–Crippen MR) is 117 cm³/mol. The van der Waals surface area contributed by atoms with Gasteiger partial charge in [-0.25, -0.2) is 4.99 Å². The third-order valence-corrected chi connectivity index (χ3v) is 4.86. The summed E-state index contributed by atoms with van der Waals surface area (Å²) in [6, 6.07) is 9.69. The number of para-hydroxylation sites is 2. The first kappa shape index (κ1) is 20.4. The number of hydrogen-bond acceptors (Lipinski definition) is 6. The fourth-order valence-corrected chi connectivity index (χ4v) is 3.25. The Kier molecular flexibility index (Phi) is 6.51. The van der Waals surface area contributed by atoms with E-state index in [1.54, 1.807) is 19.1 Å². The van der Waals surface area contributed by atoms with Crippen LogP contribution in [-0.4, -0.2) is 30.8 Å². The Bertz CT molecular complexity index is 918. The van der Waals surface area contributed by atoms with Crippen LogP contribution in [0, 0.1) is 0 Å². The molecule has 2 aromatic rings. The summed E-state index contributed by atoms with van der Waals surface area (Å²) in [5.41, 5.74) is 15.3. The quantitative estimate of drug-likeness (QED) is 0.516. The van der Waals surface area contributed by atoms with Crippen LogP contribution in [-0.2, 0) is 4.79 Å². The van der Waals surface area contributed by atoms with E-state index in [-0.39, 0.29) is 17.6 Å². The number of rotatable bonds is 6. The number of carbonyl (C=O) groups is 1. The fourth-order valence-electron chi connectivity index (χ4n) is 3.25. The molecule has 5 N–H and O–H groups in total. The minimum Gasteiger partial charge on any atom is -0.472 e. The topological polar surface area (TPSA) is 110 Å². The molecule has 0 aliphatic carbocycles. The van der Waals surface area contributed by atoms with Crippen LogP contribution in [0.5, 0.6) is 0 Å². The molecule has 1 aliphatic rings. The van der Waals surface area contributed by atoms with E-state index in [1.165, 1.54) is 12.5 Å². The van der Waals surface area contributed by atoms with Gasteiger partial charge in [-0.2, -0.15) is 0 Å². The Balaban J connectivity index is 1.85. The molecule has 0 saturated carbocycles. The number of anilines is 2. The Hall–Kier alpha value is -3.32. The number of carbonyl (C=O) groups excluding carboxylic acids is 1. The predicted octanol–water partition coefficient (Wildman–Crippen LogP) is 3.01. The van der Waals surface area contributed by atoms with E-state index < -0.39 is 0 Å². The van der Waals surface area contributed by atoms with Crippen molar-refractivity contribution in [2.75, 3.05) is 23.3 Å². The van der Waals surface area contributed by atoms with Crippen molar-refractivity contribution in [1.29, 1.82) is 0 Å². The highest BCUT2D eigenvalue weighted by molar-refractivity contribution is 6.13. The molecule has 1 aromatic carbocycles. The van der Waals surface area contributed by atoms with Crippen LogP contribution in [0.1, 0.15) is 25.3 Å². The molecule has 152 valence electrons. The standard InChI is InChI=1S/C22H27N5O2/c1-3-18(16-10-13-29-14-16)25-21(15(2)23)22(28)26-19-6-4-5-7-20(19)27-11-8-17(24)9-12-27/h3-7,10,13-14,17H,1,8-9,11-12,23-24H2,2H3,(H,26,28)/b21-15+,25-18?. The molecule has 29 heavy (non-hydrogen) atoms. The summed E-state index contributed by atoms with van der Waals surface area (Å²) in [6.07, 6.45) is 6.48. The van der Waals surface area contributed by atoms with Gasteiger partial charge in [-0.3, -0.25) is 4.79 Å². The normalized spacial score (nSPS) is 16.3. The van der Waals surface area contributed by atoms with Gasteiger partial charge in [-0.05, 0) is 44.0 Å². The maximum atomic E-state index is 13.0. The molecule has 3 rings (SSSR count). The smallest absolute Gasteiger partial charge is 0.276 e. The third kappa shape index (κ3) is 4.94. The maximum absolute atomic E-state index is 13.0. The van der Waals surface area contributed by atoms with Gasteiger partial charge in [0.05, 0.1) is 29.6 Å². The van der Waals surface area contributed by atoms with Crippen molar-refractivity contribution in [3.63, 3.8) is 0 Å². The van der Waals surface area contributed by atoms with Crippen LogP contribution in [0.2, 0.25) is 0 Å². The van der Waals surface area contributed by atoms with E-state index in [9.17, 15) is 4.79 Å². The highest BCUT2D eigenvalue weighted by atomic mass is 16.3. The lowest BCUT2D eigenvalue weighted by molar-refractivity contribution is -0.112. The van der Waals surface area contributed by atoms with E-state index in [0.717, 1.165) is 37.2 Å². The van der Waals surface area contributed by atoms with Crippen LogP contribution >= 0.6 is 0 Å². The molecule has 1 amide bonds. The molecule has 1 fully saturated rings. The Labute approximate surface area is 170 Å². The fraction of sp³-hybridized carbons (Fsp3) is 0.273. The minimum absolute atomic E-state index is 0.136. The molecule has 1 aliphatic heterocycles. The SMILES string of the molecule is C=CC(=N/C(C(=O)Nc1ccccc1N1CCC(N)CC1)=C(\C)N)c1ccoc1. The van der Waals surface area contributed by atoms with Gasteiger partial charge in [0.15, 0.2) is 0 Å². The molecule has 0 atom stereocenters. The number of allylic oxidation sites excluding steroid dienone is 2. The average Bonchev–Trinajstić information content (AvgIpc) is 3.24. The zero-order valence-corrected chi connectivity index (χ0v) is 16.6. The van der Waals surface area contributed by atoms with E-state index in [0.29, 0.717) is 17.1 Å². The molecule has 0 spiro atoms. The number of benzene rings is 1. The van der Waals surface area contributed by atoms with Gasteiger partial charge in [0.25, 0.3) is 5.91 Å². The van der Waals surface area contributed by atoms with Crippen LogP contribution < -0.4 is 21.7 Å². The van der Waals surface area contributed by atoms with Gasteiger partial charge in [0.1, 0.15) is 5.70 Å². The zero-order valence-electron chi connectivity index (χ0n) is 16.6. The molecular weight excluding hydrogens is 366 g/mol. The minimum atomic E-state index is -0.381. The first-order chi connectivity index (χ1) is 14.0. The van der Waals surface area contributed by atoms with E-state index in [4.69, 9.17) is 15.9 Å². The second-order valence-electron chi connectivity index (χ2n) is 7.04. The van der Waals surface area contributed by atoms with Crippen molar-refractivity contribution in [2.24, 2.45) is 16.5 Å². The lowest BCUT2D eigenvalue weighted by atomic mass is 10.0. The number of nitrogens with two attached hydrogens (primary N) is 2.